The van der Waals surface area contributed by atoms with Gasteiger partial charge in [0.05, 0.1) is 12.7 Å². The molecule has 25 heavy (non-hydrogen) atoms. The van der Waals surface area contributed by atoms with E-state index in [1.54, 1.807) is 24.3 Å². The first-order valence-corrected chi connectivity index (χ1v) is 8.32. The fourth-order valence-corrected chi connectivity index (χ4v) is 2.50. The summed E-state index contributed by atoms with van der Waals surface area (Å²) in [4.78, 5) is 23.4. The number of nitrogens with one attached hydrogen (secondary N) is 2. The van der Waals surface area contributed by atoms with Crippen LogP contribution in [0.15, 0.2) is 48.5 Å². The van der Waals surface area contributed by atoms with Gasteiger partial charge in [-0.05, 0) is 41.8 Å². The van der Waals surface area contributed by atoms with Crippen molar-refractivity contribution in [2.24, 2.45) is 0 Å². The molecule has 2 rings (SSSR count). The van der Waals surface area contributed by atoms with E-state index in [-0.39, 0.29) is 5.91 Å². The first kappa shape index (κ1) is 18.5. The van der Waals surface area contributed by atoms with Gasteiger partial charge >= 0.3 is 5.97 Å². The van der Waals surface area contributed by atoms with Gasteiger partial charge in [0.15, 0.2) is 0 Å². The van der Waals surface area contributed by atoms with Crippen LogP contribution >= 0.6 is 0 Å². The Bertz CT molecular complexity index is 724. The summed E-state index contributed by atoms with van der Waals surface area (Å²) in [6, 6.07) is 14.7. The number of methoxy groups -OCH3 is 1. The van der Waals surface area contributed by atoms with Crippen molar-refractivity contribution < 1.29 is 14.3 Å². The lowest BCUT2D eigenvalue weighted by atomic mass is 10.0. The normalized spacial score (nSPS) is 10.4. The summed E-state index contributed by atoms with van der Waals surface area (Å²) in [5.74, 6) is -0.0582. The van der Waals surface area contributed by atoms with Crippen molar-refractivity contribution in [3.63, 3.8) is 0 Å². The minimum Gasteiger partial charge on any atom is -0.465 e. The SMILES string of the molecule is COC(=O)c1ccc(NC(=O)CCNc2ccccc2C(C)C)cc1. The van der Waals surface area contributed by atoms with E-state index in [1.165, 1.54) is 12.7 Å². The highest BCUT2D eigenvalue weighted by atomic mass is 16.5. The van der Waals surface area contributed by atoms with Crippen molar-refractivity contribution >= 4 is 23.3 Å². The molecule has 0 radical (unpaired) electrons. The molecule has 2 N–H and O–H groups in total. The van der Waals surface area contributed by atoms with Crippen LogP contribution in [0.2, 0.25) is 0 Å². The van der Waals surface area contributed by atoms with E-state index in [9.17, 15) is 9.59 Å². The van der Waals surface area contributed by atoms with Crippen LogP contribution in [-0.4, -0.2) is 25.5 Å². The second-order valence-corrected chi connectivity index (χ2v) is 6.04. The predicted octanol–water partition coefficient (Wildman–Crippen LogP) is 4.04. The summed E-state index contributed by atoms with van der Waals surface area (Å²) in [7, 11) is 1.34. The Hall–Kier alpha value is -2.82. The molecule has 0 heterocycles. The lowest BCUT2D eigenvalue weighted by Crippen LogP contribution is -2.16. The van der Waals surface area contributed by atoms with Crippen LogP contribution in [0.4, 0.5) is 11.4 Å². The van der Waals surface area contributed by atoms with Gasteiger partial charge < -0.3 is 15.4 Å². The van der Waals surface area contributed by atoms with Crippen LogP contribution < -0.4 is 10.6 Å². The average molecular weight is 340 g/mol. The van der Waals surface area contributed by atoms with Gasteiger partial charge in [-0.15, -0.1) is 0 Å². The monoisotopic (exact) mass is 340 g/mol. The molecule has 0 fully saturated rings. The number of carbonyl (C=O) groups excluding carboxylic acids is 2. The fraction of sp³-hybridized carbons (Fsp3) is 0.300. The van der Waals surface area contributed by atoms with Crippen molar-refractivity contribution in [1.82, 2.24) is 0 Å². The molecule has 0 saturated heterocycles. The van der Waals surface area contributed by atoms with Crippen LogP contribution in [0, 0.1) is 0 Å². The van der Waals surface area contributed by atoms with Gasteiger partial charge in [0.2, 0.25) is 5.91 Å². The maximum absolute atomic E-state index is 12.1. The Morgan fingerprint density at radius 2 is 1.72 bits per heavy atom. The Kier molecular flexibility index (Phi) is 6.57. The zero-order valence-corrected chi connectivity index (χ0v) is 14.8. The van der Waals surface area contributed by atoms with Crippen molar-refractivity contribution in [2.45, 2.75) is 26.2 Å². The number of carbonyl (C=O) groups is 2. The second-order valence-electron chi connectivity index (χ2n) is 6.04. The van der Waals surface area contributed by atoms with Crippen molar-refractivity contribution in [3.8, 4) is 0 Å². The molecule has 2 aromatic carbocycles. The van der Waals surface area contributed by atoms with Gasteiger partial charge in [-0.3, -0.25) is 4.79 Å². The Balaban J connectivity index is 1.84. The minimum absolute atomic E-state index is 0.0830. The molecule has 0 aliphatic rings. The molecule has 0 spiro atoms. The first-order chi connectivity index (χ1) is 12.0. The van der Waals surface area contributed by atoms with E-state index in [0.717, 1.165) is 5.69 Å². The first-order valence-electron chi connectivity index (χ1n) is 8.32. The molecule has 0 saturated carbocycles. The van der Waals surface area contributed by atoms with E-state index in [2.05, 4.69) is 35.3 Å². The minimum atomic E-state index is -0.397. The van der Waals surface area contributed by atoms with E-state index < -0.39 is 5.97 Å². The van der Waals surface area contributed by atoms with Crippen molar-refractivity contribution in [1.29, 1.82) is 0 Å². The molecular formula is C20H24N2O3. The highest BCUT2D eigenvalue weighted by Crippen LogP contribution is 2.23. The van der Waals surface area contributed by atoms with E-state index in [0.29, 0.717) is 30.1 Å². The van der Waals surface area contributed by atoms with Crippen LogP contribution in [0.5, 0.6) is 0 Å². The van der Waals surface area contributed by atoms with Crippen LogP contribution in [0.3, 0.4) is 0 Å². The summed E-state index contributed by atoms with van der Waals surface area (Å²) in [5.41, 5.74) is 3.40. The number of rotatable bonds is 7. The van der Waals surface area contributed by atoms with E-state index >= 15 is 0 Å². The zero-order chi connectivity index (χ0) is 18.2. The summed E-state index contributed by atoms with van der Waals surface area (Å²) in [5, 5.41) is 6.14. The van der Waals surface area contributed by atoms with E-state index in [1.807, 2.05) is 18.2 Å². The standard InChI is InChI=1S/C20H24N2O3/c1-14(2)17-6-4-5-7-18(17)21-13-12-19(23)22-16-10-8-15(9-11-16)20(24)25-3/h4-11,14,21H,12-13H2,1-3H3,(H,22,23). The largest absolute Gasteiger partial charge is 0.465 e. The molecule has 0 bridgehead atoms. The summed E-state index contributed by atoms with van der Waals surface area (Å²) >= 11 is 0. The molecule has 5 nitrogen and oxygen atoms in total. The number of para-hydroxylation sites is 1. The number of hydrogen-bond donors (Lipinski definition) is 2. The molecule has 1 amide bonds. The van der Waals surface area contributed by atoms with Crippen LogP contribution in [0.25, 0.3) is 0 Å². The van der Waals surface area contributed by atoms with Gasteiger partial charge in [0, 0.05) is 24.3 Å². The molecule has 0 unspecified atom stereocenters. The lowest BCUT2D eigenvalue weighted by Gasteiger charge is -2.14. The highest BCUT2D eigenvalue weighted by molar-refractivity contribution is 5.93. The second kappa shape index (κ2) is 8.87. The fourth-order valence-electron chi connectivity index (χ4n) is 2.50. The number of esters is 1. The number of benzene rings is 2. The molecule has 0 aliphatic carbocycles. The summed E-state index contributed by atoms with van der Waals surface area (Å²) < 4.78 is 4.64. The molecule has 0 aromatic heterocycles. The molecule has 0 aliphatic heterocycles. The molecule has 5 heteroatoms. The smallest absolute Gasteiger partial charge is 0.337 e. The van der Waals surface area contributed by atoms with Crippen LogP contribution in [-0.2, 0) is 9.53 Å². The van der Waals surface area contributed by atoms with Gasteiger partial charge in [-0.25, -0.2) is 4.79 Å². The number of ether oxygens (including phenoxy) is 1. The van der Waals surface area contributed by atoms with Crippen LogP contribution in [0.1, 0.15) is 42.1 Å². The number of amides is 1. The van der Waals surface area contributed by atoms with Gasteiger partial charge in [0.1, 0.15) is 0 Å². The van der Waals surface area contributed by atoms with Gasteiger partial charge in [-0.2, -0.15) is 0 Å². The van der Waals surface area contributed by atoms with Gasteiger partial charge in [-0.1, -0.05) is 32.0 Å². The third-order valence-corrected chi connectivity index (χ3v) is 3.84. The third kappa shape index (κ3) is 5.35. The highest BCUT2D eigenvalue weighted by Gasteiger charge is 2.08. The molecule has 132 valence electrons. The maximum atomic E-state index is 12.1. The Labute approximate surface area is 148 Å². The van der Waals surface area contributed by atoms with E-state index in [4.69, 9.17) is 0 Å². The Morgan fingerprint density at radius 1 is 1.04 bits per heavy atom. The number of hydrogen-bond acceptors (Lipinski definition) is 4. The Morgan fingerprint density at radius 3 is 2.36 bits per heavy atom. The topological polar surface area (TPSA) is 67.4 Å². The quantitative estimate of drug-likeness (QED) is 0.747. The average Bonchev–Trinajstić information content (AvgIpc) is 2.62. The van der Waals surface area contributed by atoms with Crippen molar-refractivity contribution in [2.75, 3.05) is 24.3 Å². The predicted molar refractivity (Wildman–Crippen MR) is 100 cm³/mol. The molecular weight excluding hydrogens is 316 g/mol. The maximum Gasteiger partial charge on any atom is 0.337 e. The summed E-state index contributed by atoms with van der Waals surface area (Å²) in [6.45, 7) is 4.84. The number of anilines is 2. The van der Waals surface area contributed by atoms with Gasteiger partial charge in [0.25, 0.3) is 0 Å². The summed E-state index contributed by atoms with van der Waals surface area (Å²) in [6.07, 6.45) is 0.352. The molecule has 0 atom stereocenters. The van der Waals surface area contributed by atoms with Crippen molar-refractivity contribution in [3.05, 3.63) is 59.7 Å². The third-order valence-electron chi connectivity index (χ3n) is 3.84. The molecule has 2 aromatic rings. The lowest BCUT2D eigenvalue weighted by molar-refractivity contribution is -0.115. The zero-order valence-electron chi connectivity index (χ0n) is 14.8.